The van der Waals surface area contributed by atoms with Crippen molar-refractivity contribution >= 4 is 16.5 Å². The number of halogens is 2. The number of hydrogen-bond acceptors (Lipinski definition) is 1. The summed E-state index contributed by atoms with van der Waals surface area (Å²) in [6.45, 7) is 7.82. The summed E-state index contributed by atoms with van der Waals surface area (Å²) < 4.78 is 27.5. The molecule has 0 aliphatic carbocycles. The Labute approximate surface area is 113 Å². The quantitative estimate of drug-likeness (QED) is 0.772. The van der Waals surface area contributed by atoms with Crippen LogP contribution in [0.25, 0.3) is 10.8 Å². The van der Waals surface area contributed by atoms with Crippen LogP contribution >= 0.6 is 0 Å². The van der Waals surface area contributed by atoms with Gasteiger partial charge in [-0.2, -0.15) is 0 Å². The van der Waals surface area contributed by atoms with Crippen LogP contribution in [0.5, 0.6) is 0 Å². The number of aryl methyl sites for hydroxylation is 2. The molecule has 1 nitrogen and oxygen atoms in total. The maximum Gasteiger partial charge on any atom is 0.134 e. The van der Waals surface area contributed by atoms with E-state index in [9.17, 15) is 8.78 Å². The zero-order chi connectivity index (χ0) is 14.6. The molecule has 0 atom stereocenters. The van der Waals surface area contributed by atoms with E-state index in [1.165, 1.54) is 0 Å². The van der Waals surface area contributed by atoms with Crippen molar-refractivity contribution in [3.63, 3.8) is 0 Å². The first-order valence-corrected chi connectivity index (χ1v) is 6.77. The predicted octanol–water partition coefficient (Wildman–Crippen LogP) is 4.85. The molecule has 0 amide bonds. The van der Waals surface area contributed by atoms with Crippen LogP contribution in [0.15, 0.2) is 18.2 Å². The second kappa shape index (κ2) is 6.50. The lowest BCUT2D eigenvalue weighted by molar-refractivity contribution is 0.582. The van der Waals surface area contributed by atoms with Crippen LogP contribution < -0.4 is 5.73 Å². The van der Waals surface area contributed by atoms with Gasteiger partial charge in [0.25, 0.3) is 0 Å². The van der Waals surface area contributed by atoms with Crippen molar-refractivity contribution in [1.29, 1.82) is 0 Å². The summed E-state index contributed by atoms with van der Waals surface area (Å²) in [5, 5.41) is 1.10. The molecular weight excluding hydrogens is 244 g/mol. The number of anilines is 1. The van der Waals surface area contributed by atoms with Gasteiger partial charge in [0, 0.05) is 17.1 Å². The summed E-state index contributed by atoms with van der Waals surface area (Å²) in [7, 11) is 0. The predicted molar refractivity (Wildman–Crippen MR) is 78.4 cm³/mol. The zero-order valence-corrected chi connectivity index (χ0v) is 12.0. The summed E-state index contributed by atoms with van der Waals surface area (Å²) in [5.74, 6) is -1.02. The molecule has 0 aromatic heterocycles. The summed E-state index contributed by atoms with van der Waals surface area (Å²) in [4.78, 5) is 0. The molecule has 0 saturated heterocycles. The topological polar surface area (TPSA) is 26.0 Å². The fraction of sp³-hybridized carbons (Fsp3) is 0.375. The highest BCUT2D eigenvalue weighted by molar-refractivity contribution is 5.92. The zero-order valence-electron chi connectivity index (χ0n) is 12.0. The molecule has 0 spiro atoms. The molecule has 0 aliphatic rings. The molecule has 0 heterocycles. The fourth-order valence-corrected chi connectivity index (χ4v) is 2.29. The van der Waals surface area contributed by atoms with Gasteiger partial charge in [-0.25, -0.2) is 8.78 Å². The van der Waals surface area contributed by atoms with Crippen molar-refractivity contribution in [3.05, 3.63) is 41.0 Å². The molecule has 2 aromatic carbocycles. The summed E-state index contributed by atoms with van der Waals surface area (Å²) >= 11 is 0. The van der Waals surface area contributed by atoms with E-state index in [1.807, 2.05) is 27.7 Å². The summed E-state index contributed by atoms with van der Waals surface area (Å²) in [5.41, 5.74) is 7.72. The van der Waals surface area contributed by atoms with Gasteiger partial charge in [0.1, 0.15) is 11.6 Å². The number of hydrogen-bond donors (Lipinski definition) is 1. The van der Waals surface area contributed by atoms with E-state index < -0.39 is 11.6 Å². The van der Waals surface area contributed by atoms with Crippen molar-refractivity contribution in [2.24, 2.45) is 0 Å². The van der Waals surface area contributed by atoms with Crippen molar-refractivity contribution in [1.82, 2.24) is 0 Å². The largest absolute Gasteiger partial charge is 0.399 e. The van der Waals surface area contributed by atoms with E-state index in [1.54, 1.807) is 12.1 Å². The number of fused-ring (bicyclic) bond motifs is 1. The first-order valence-electron chi connectivity index (χ1n) is 6.77. The van der Waals surface area contributed by atoms with Gasteiger partial charge >= 0.3 is 0 Å². The Morgan fingerprint density at radius 1 is 0.947 bits per heavy atom. The lowest BCUT2D eigenvalue weighted by Crippen LogP contribution is -1.99. The lowest BCUT2D eigenvalue weighted by Gasteiger charge is -2.12. The second-order valence-corrected chi connectivity index (χ2v) is 4.13. The first-order chi connectivity index (χ1) is 9.08. The normalized spacial score (nSPS) is 10.2. The van der Waals surface area contributed by atoms with Gasteiger partial charge in [-0.3, -0.25) is 0 Å². The minimum atomic E-state index is -0.545. The van der Waals surface area contributed by atoms with Crippen molar-refractivity contribution in [2.45, 2.75) is 40.5 Å². The molecule has 0 unspecified atom stereocenters. The highest BCUT2D eigenvalue weighted by atomic mass is 19.1. The molecule has 0 fully saturated rings. The molecule has 0 aliphatic heterocycles. The van der Waals surface area contributed by atoms with Gasteiger partial charge in [0.2, 0.25) is 0 Å². The van der Waals surface area contributed by atoms with E-state index in [0.717, 1.165) is 11.6 Å². The van der Waals surface area contributed by atoms with E-state index in [0.29, 0.717) is 34.9 Å². The molecule has 2 rings (SSSR count). The average Bonchev–Trinajstić information content (AvgIpc) is 2.41. The Bertz CT molecular complexity index is 577. The van der Waals surface area contributed by atoms with Gasteiger partial charge in [0.05, 0.1) is 0 Å². The van der Waals surface area contributed by atoms with Crippen LogP contribution in [0, 0.1) is 11.6 Å². The Hall–Kier alpha value is -1.64. The van der Waals surface area contributed by atoms with Gasteiger partial charge in [-0.05, 0) is 41.5 Å². The van der Waals surface area contributed by atoms with Crippen LogP contribution in [0.2, 0.25) is 0 Å². The molecule has 0 saturated carbocycles. The smallest absolute Gasteiger partial charge is 0.134 e. The minimum Gasteiger partial charge on any atom is -0.399 e. The first kappa shape index (κ1) is 15.4. The van der Waals surface area contributed by atoms with E-state index in [4.69, 9.17) is 5.73 Å². The van der Waals surface area contributed by atoms with E-state index in [-0.39, 0.29) is 0 Å². The van der Waals surface area contributed by atoms with Crippen LogP contribution in [-0.2, 0) is 12.8 Å². The van der Waals surface area contributed by atoms with Crippen LogP contribution in [0.3, 0.4) is 0 Å². The van der Waals surface area contributed by atoms with Crippen molar-refractivity contribution in [2.75, 3.05) is 5.73 Å². The van der Waals surface area contributed by atoms with Gasteiger partial charge < -0.3 is 5.73 Å². The summed E-state index contributed by atoms with van der Waals surface area (Å²) in [6.07, 6.45) is 1.25. The Kier molecular flexibility index (Phi) is 5.28. The third kappa shape index (κ3) is 2.86. The number of nitrogen functional groups attached to an aromatic ring is 1. The van der Waals surface area contributed by atoms with Crippen LogP contribution in [0.1, 0.15) is 38.8 Å². The molecule has 0 bridgehead atoms. The highest BCUT2D eigenvalue weighted by Crippen LogP contribution is 2.30. The molecule has 2 N–H and O–H groups in total. The molecular formula is C16H21F2N. The van der Waals surface area contributed by atoms with Crippen LogP contribution in [0.4, 0.5) is 14.5 Å². The van der Waals surface area contributed by atoms with Gasteiger partial charge in [0.15, 0.2) is 0 Å². The van der Waals surface area contributed by atoms with Crippen molar-refractivity contribution in [3.8, 4) is 0 Å². The Morgan fingerprint density at radius 3 is 2.11 bits per heavy atom. The van der Waals surface area contributed by atoms with Gasteiger partial charge in [-0.1, -0.05) is 27.7 Å². The van der Waals surface area contributed by atoms with E-state index in [2.05, 4.69) is 0 Å². The molecule has 104 valence electrons. The standard InChI is InChI=1S/C14H15F2N.C2H6/c1-3-8-5-9(17)6-11-13(16)7-12(15)10(4-2)14(8)11;1-2/h5-7H,3-4,17H2,1-2H3;1-2H3. The Balaban J connectivity index is 0.000000861. The molecule has 0 radical (unpaired) electrons. The third-order valence-corrected chi connectivity index (χ3v) is 3.08. The van der Waals surface area contributed by atoms with Crippen molar-refractivity contribution < 1.29 is 8.78 Å². The maximum atomic E-state index is 13.8. The highest BCUT2D eigenvalue weighted by Gasteiger charge is 2.14. The SMILES string of the molecule is CC.CCc1cc(N)cc2c(F)cc(F)c(CC)c12. The number of benzene rings is 2. The third-order valence-electron chi connectivity index (χ3n) is 3.08. The maximum absolute atomic E-state index is 13.8. The molecule has 3 heteroatoms. The monoisotopic (exact) mass is 265 g/mol. The number of rotatable bonds is 2. The summed E-state index contributed by atoms with van der Waals surface area (Å²) in [6, 6.07) is 4.31. The molecule has 19 heavy (non-hydrogen) atoms. The second-order valence-electron chi connectivity index (χ2n) is 4.13. The number of nitrogens with two attached hydrogens (primary N) is 1. The van der Waals surface area contributed by atoms with Crippen LogP contribution in [-0.4, -0.2) is 0 Å². The lowest BCUT2D eigenvalue weighted by atomic mass is 9.95. The minimum absolute atomic E-state index is 0.417. The molecule has 2 aromatic rings. The Morgan fingerprint density at radius 2 is 1.58 bits per heavy atom. The van der Waals surface area contributed by atoms with E-state index >= 15 is 0 Å². The fourth-order valence-electron chi connectivity index (χ4n) is 2.29. The van der Waals surface area contributed by atoms with Gasteiger partial charge in [-0.15, -0.1) is 0 Å². The average molecular weight is 265 g/mol.